The average Bonchev–Trinajstić information content (AvgIpc) is 2.81. The van der Waals surface area contributed by atoms with E-state index in [9.17, 15) is 5.11 Å². The highest BCUT2D eigenvalue weighted by atomic mass is 16.5. The average molecular weight is 437 g/mol. The molecule has 0 aromatic heterocycles. The number of aliphatic hydroxyl groups is 1. The summed E-state index contributed by atoms with van der Waals surface area (Å²) in [4.78, 5) is 18.2. The summed E-state index contributed by atoms with van der Waals surface area (Å²) in [7, 11) is 0. The highest BCUT2D eigenvalue weighted by molar-refractivity contribution is 6.27. The lowest BCUT2D eigenvalue weighted by atomic mass is 9.88. The van der Waals surface area contributed by atoms with Gasteiger partial charge in [-0.05, 0) is 53.3 Å². The maximum atomic E-state index is 10.3. The molecule has 168 valence electrons. The number of aliphatic hydroxyl groups excluding tert-OH is 1. The SMILES string of the molecule is O=C(O)C(=O)O.OC(CNC1CCCc2ccccc21)COc1ccc2ccccc2c1. The van der Waals surface area contributed by atoms with Crippen molar-refractivity contribution < 1.29 is 29.6 Å². The van der Waals surface area contributed by atoms with Gasteiger partial charge in [-0.3, -0.25) is 0 Å². The van der Waals surface area contributed by atoms with E-state index in [1.807, 2.05) is 30.3 Å². The number of ether oxygens (including phenoxy) is 1. The van der Waals surface area contributed by atoms with Crippen LogP contribution >= 0.6 is 0 Å². The number of carbonyl (C=O) groups is 2. The van der Waals surface area contributed by atoms with Crippen LogP contribution in [-0.2, 0) is 16.0 Å². The van der Waals surface area contributed by atoms with Crippen LogP contribution in [0.15, 0.2) is 66.7 Å². The quantitative estimate of drug-likeness (QED) is 0.437. The van der Waals surface area contributed by atoms with Gasteiger partial charge in [0.25, 0.3) is 0 Å². The van der Waals surface area contributed by atoms with Gasteiger partial charge in [0.15, 0.2) is 0 Å². The maximum Gasteiger partial charge on any atom is 0.414 e. The minimum Gasteiger partial charge on any atom is -0.491 e. The van der Waals surface area contributed by atoms with E-state index in [0.29, 0.717) is 19.2 Å². The van der Waals surface area contributed by atoms with Gasteiger partial charge in [-0.25, -0.2) is 9.59 Å². The monoisotopic (exact) mass is 437 g/mol. The number of carboxylic acids is 2. The Morgan fingerprint density at radius 1 is 0.969 bits per heavy atom. The molecule has 32 heavy (non-hydrogen) atoms. The van der Waals surface area contributed by atoms with Crippen molar-refractivity contribution >= 4 is 22.7 Å². The van der Waals surface area contributed by atoms with Crippen LogP contribution in [0, 0.1) is 0 Å². The molecule has 0 amide bonds. The number of rotatable bonds is 6. The first-order valence-corrected chi connectivity index (χ1v) is 10.5. The number of hydrogen-bond acceptors (Lipinski definition) is 5. The number of benzene rings is 3. The van der Waals surface area contributed by atoms with Crippen molar-refractivity contribution in [1.82, 2.24) is 5.32 Å². The standard InChI is InChI=1S/C23H25NO2.C2H2O4/c25-20(15-24-23-11-5-9-18-7-3-4-10-22(18)23)16-26-21-13-12-17-6-1-2-8-19(17)14-21;3-1(4)2(5)6/h1-4,6-8,10,12-14,20,23-25H,5,9,11,15-16H2;(H,3,4)(H,5,6). The number of nitrogens with one attached hydrogen (secondary N) is 1. The Bertz CT molecular complexity index is 1050. The molecule has 4 N–H and O–H groups in total. The Hall–Kier alpha value is -3.42. The molecular formula is C25H27NO6. The van der Waals surface area contributed by atoms with Crippen molar-refractivity contribution in [2.45, 2.75) is 31.4 Å². The first-order valence-electron chi connectivity index (χ1n) is 10.5. The molecule has 2 unspecified atom stereocenters. The van der Waals surface area contributed by atoms with E-state index in [1.165, 1.54) is 22.9 Å². The number of carboxylic acid groups (broad SMARTS) is 2. The summed E-state index contributed by atoms with van der Waals surface area (Å²) >= 11 is 0. The molecule has 2 atom stereocenters. The molecule has 0 spiro atoms. The molecule has 1 aliphatic carbocycles. The Morgan fingerprint density at radius 3 is 2.41 bits per heavy atom. The predicted octanol–water partition coefficient (Wildman–Crippen LogP) is 3.40. The van der Waals surface area contributed by atoms with Crippen LogP contribution < -0.4 is 10.1 Å². The van der Waals surface area contributed by atoms with Gasteiger partial charge in [-0.2, -0.15) is 0 Å². The van der Waals surface area contributed by atoms with Crippen molar-refractivity contribution in [2.75, 3.05) is 13.2 Å². The minimum absolute atomic E-state index is 0.291. The lowest BCUT2D eigenvalue weighted by molar-refractivity contribution is -0.159. The predicted molar refractivity (Wildman–Crippen MR) is 121 cm³/mol. The zero-order valence-electron chi connectivity index (χ0n) is 17.6. The van der Waals surface area contributed by atoms with E-state index in [4.69, 9.17) is 24.5 Å². The summed E-state index contributed by atoms with van der Waals surface area (Å²) < 4.78 is 5.80. The van der Waals surface area contributed by atoms with Crippen LogP contribution in [0.1, 0.15) is 30.0 Å². The van der Waals surface area contributed by atoms with Crippen LogP contribution in [0.25, 0.3) is 10.8 Å². The van der Waals surface area contributed by atoms with Gasteiger partial charge in [-0.15, -0.1) is 0 Å². The minimum atomic E-state index is -1.82. The fraction of sp³-hybridized carbons (Fsp3) is 0.280. The van der Waals surface area contributed by atoms with Gasteiger partial charge >= 0.3 is 11.9 Å². The molecule has 7 heteroatoms. The summed E-state index contributed by atoms with van der Waals surface area (Å²) in [6.07, 6.45) is 2.94. The van der Waals surface area contributed by atoms with E-state index in [-0.39, 0.29) is 0 Å². The topological polar surface area (TPSA) is 116 Å². The zero-order valence-corrected chi connectivity index (χ0v) is 17.6. The highest BCUT2D eigenvalue weighted by Gasteiger charge is 2.20. The van der Waals surface area contributed by atoms with E-state index in [1.54, 1.807) is 0 Å². The van der Waals surface area contributed by atoms with E-state index < -0.39 is 18.0 Å². The highest BCUT2D eigenvalue weighted by Crippen LogP contribution is 2.29. The lowest BCUT2D eigenvalue weighted by Crippen LogP contribution is -2.35. The van der Waals surface area contributed by atoms with Crippen molar-refractivity contribution in [3.63, 3.8) is 0 Å². The first-order chi connectivity index (χ1) is 15.4. The van der Waals surface area contributed by atoms with Gasteiger partial charge in [0, 0.05) is 12.6 Å². The van der Waals surface area contributed by atoms with Crippen molar-refractivity contribution in [2.24, 2.45) is 0 Å². The maximum absolute atomic E-state index is 10.3. The molecule has 1 aliphatic rings. The molecular weight excluding hydrogens is 410 g/mol. The second kappa shape index (κ2) is 11.3. The Balaban J connectivity index is 0.000000427. The van der Waals surface area contributed by atoms with Crippen LogP contribution in [0.4, 0.5) is 0 Å². The molecule has 0 heterocycles. The lowest BCUT2D eigenvalue weighted by Gasteiger charge is -2.27. The molecule has 0 radical (unpaired) electrons. The first kappa shape index (κ1) is 23.2. The Kier molecular flexibility index (Phi) is 8.19. The molecule has 0 aliphatic heterocycles. The van der Waals surface area contributed by atoms with Crippen molar-refractivity contribution in [1.29, 1.82) is 0 Å². The number of hydrogen-bond donors (Lipinski definition) is 4. The zero-order chi connectivity index (χ0) is 22.9. The summed E-state index contributed by atoms with van der Waals surface area (Å²) in [5.74, 6) is -2.85. The molecule has 0 saturated carbocycles. The second-order valence-electron chi connectivity index (χ2n) is 7.64. The fourth-order valence-electron chi connectivity index (χ4n) is 3.75. The summed E-state index contributed by atoms with van der Waals surface area (Å²) in [5, 5.41) is 31.0. The van der Waals surface area contributed by atoms with Gasteiger partial charge in [0.1, 0.15) is 18.5 Å². The molecule has 4 rings (SSSR count). The Morgan fingerprint density at radius 2 is 1.66 bits per heavy atom. The van der Waals surface area contributed by atoms with Gasteiger partial charge in [0.2, 0.25) is 0 Å². The third kappa shape index (κ3) is 6.54. The number of aryl methyl sites for hydroxylation is 1. The number of aliphatic carboxylic acids is 2. The summed E-state index contributed by atoms with van der Waals surface area (Å²) in [5.41, 5.74) is 2.81. The van der Waals surface area contributed by atoms with Crippen LogP contribution in [0.2, 0.25) is 0 Å². The van der Waals surface area contributed by atoms with Crippen molar-refractivity contribution in [3.8, 4) is 5.75 Å². The molecule has 0 fully saturated rings. The van der Waals surface area contributed by atoms with Gasteiger partial charge in [0.05, 0.1) is 0 Å². The van der Waals surface area contributed by atoms with E-state index in [2.05, 4.69) is 41.7 Å². The third-order valence-electron chi connectivity index (χ3n) is 5.32. The largest absolute Gasteiger partial charge is 0.491 e. The van der Waals surface area contributed by atoms with Crippen LogP contribution in [0.3, 0.4) is 0 Å². The third-order valence-corrected chi connectivity index (χ3v) is 5.32. The summed E-state index contributed by atoms with van der Waals surface area (Å²) in [6, 6.07) is 23.2. The summed E-state index contributed by atoms with van der Waals surface area (Å²) in [6.45, 7) is 0.826. The van der Waals surface area contributed by atoms with Gasteiger partial charge < -0.3 is 25.4 Å². The molecule has 3 aromatic carbocycles. The Labute approximate surface area is 186 Å². The van der Waals surface area contributed by atoms with E-state index in [0.717, 1.165) is 24.0 Å². The smallest absolute Gasteiger partial charge is 0.414 e. The van der Waals surface area contributed by atoms with Crippen LogP contribution in [0.5, 0.6) is 5.75 Å². The van der Waals surface area contributed by atoms with E-state index >= 15 is 0 Å². The van der Waals surface area contributed by atoms with Crippen LogP contribution in [-0.4, -0.2) is 46.5 Å². The molecule has 0 saturated heterocycles. The fourth-order valence-corrected chi connectivity index (χ4v) is 3.75. The normalized spacial score (nSPS) is 15.7. The molecule has 3 aromatic rings. The van der Waals surface area contributed by atoms with Crippen molar-refractivity contribution in [3.05, 3.63) is 77.9 Å². The van der Waals surface area contributed by atoms with Gasteiger partial charge in [-0.1, -0.05) is 54.6 Å². The second-order valence-corrected chi connectivity index (χ2v) is 7.64. The molecule has 0 bridgehead atoms. The number of fused-ring (bicyclic) bond motifs is 2. The molecule has 7 nitrogen and oxygen atoms in total.